The fraction of sp³-hybridized carbons (Fsp3) is 0.278. The van der Waals surface area contributed by atoms with Crippen LogP contribution in [0, 0.1) is 0 Å². The van der Waals surface area contributed by atoms with E-state index in [1.807, 2.05) is 24.3 Å². The molecular formula is C18H20N2O4S2. The van der Waals surface area contributed by atoms with Crippen molar-refractivity contribution in [3.05, 3.63) is 53.6 Å². The lowest BCUT2D eigenvalue weighted by Crippen LogP contribution is -2.31. The zero-order chi connectivity index (χ0) is 18.7. The summed E-state index contributed by atoms with van der Waals surface area (Å²) in [6.45, 7) is 0. The molecule has 2 aromatic carbocycles. The van der Waals surface area contributed by atoms with Crippen LogP contribution >= 0.6 is 11.8 Å². The Hall–Kier alpha value is -2.03. The number of nitrogens with one attached hydrogen (secondary N) is 2. The van der Waals surface area contributed by atoms with Gasteiger partial charge in [-0.3, -0.25) is 4.79 Å². The molecule has 0 aliphatic carbocycles. The Kier molecular flexibility index (Phi) is 5.55. The Morgan fingerprint density at radius 1 is 1.23 bits per heavy atom. The van der Waals surface area contributed by atoms with E-state index in [9.17, 15) is 13.2 Å². The highest BCUT2D eigenvalue weighted by Crippen LogP contribution is 2.36. The predicted molar refractivity (Wildman–Crippen MR) is 101 cm³/mol. The fourth-order valence-electron chi connectivity index (χ4n) is 2.87. The highest BCUT2D eigenvalue weighted by Gasteiger charge is 2.24. The minimum atomic E-state index is -3.74. The van der Waals surface area contributed by atoms with Crippen LogP contribution in [0.25, 0.3) is 0 Å². The zero-order valence-corrected chi connectivity index (χ0v) is 16.1. The molecule has 0 radical (unpaired) electrons. The molecule has 1 atom stereocenters. The summed E-state index contributed by atoms with van der Waals surface area (Å²) >= 11 is 1.77. The van der Waals surface area contributed by atoms with Crippen molar-refractivity contribution in [2.45, 2.75) is 22.3 Å². The lowest BCUT2D eigenvalue weighted by atomic mass is 10.0. The Balaban J connectivity index is 1.89. The number of hydrogen-bond acceptors (Lipinski definition) is 5. The highest BCUT2D eigenvalue weighted by atomic mass is 32.2. The molecule has 0 fully saturated rings. The van der Waals surface area contributed by atoms with Crippen molar-refractivity contribution in [2.24, 2.45) is 0 Å². The van der Waals surface area contributed by atoms with E-state index in [4.69, 9.17) is 4.74 Å². The molecule has 0 saturated heterocycles. The Bertz CT molecular complexity index is 929. The number of carbonyl (C=O) groups is 1. The van der Waals surface area contributed by atoms with E-state index in [1.165, 1.54) is 26.3 Å². The zero-order valence-electron chi connectivity index (χ0n) is 14.5. The Morgan fingerprint density at radius 3 is 2.73 bits per heavy atom. The van der Waals surface area contributed by atoms with E-state index >= 15 is 0 Å². The summed E-state index contributed by atoms with van der Waals surface area (Å²) < 4.78 is 31.7. The topological polar surface area (TPSA) is 84.5 Å². The number of sulfonamides is 1. The molecule has 1 heterocycles. The van der Waals surface area contributed by atoms with Gasteiger partial charge in [0.15, 0.2) is 0 Å². The molecule has 6 nitrogen and oxygen atoms in total. The maximum Gasteiger partial charge on any atom is 0.251 e. The second kappa shape index (κ2) is 7.69. The molecule has 1 amide bonds. The number of benzene rings is 2. The first-order chi connectivity index (χ1) is 12.5. The van der Waals surface area contributed by atoms with Crippen LogP contribution in [0.5, 0.6) is 5.75 Å². The van der Waals surface area contributed by atoms with Gasteiger partial charge in [0.1, 0.15) is 10.6 Å². The summed E-state index contributed by atoms with van der Waals surface area (Å²) in [5.74, 6) is 0.798. The molecule has 0 bridgehead atoms. The third-order valence-electron chi connectivity index (χ3n) is 4.25. The monoisotopic (exact) mass is 392 g/mol. The third-order valence-corrected chi connectivity index (χ3v) is 6.81. The molecule has 2 N–H and O–H groups in total. The van der Waals surface area contributed by atoms with E-state index in [2.05, 4.69) is 10.0 Å². The number of rotatable bonds is 5. The minimum Gasteiger partial charge on any atom is -0.495 e. The average Bonchev–Trinajstić information content (AvgIpc) is 2.67. The van der Waals surface area contributed by atoms with Gasteiger partial charge in [0, 0.05) is 16.2 Å². The molecule has 1 aliphatic heterocycles. The van der Waals surface area contributed by atoms with Gasteiger partial charge in [0.2, 0.25) is 10.0 Å². The predicted octanol–water partition coefficient (Wildman–Crippen LogP) is 2.57. The van der Waals surface area contributed by atoms with Crippen molar-refractivity contribution in [1.29, 1.82) is 0 Å². The van der Waals surface area contributed by atoms with Gasteiger partial charge in [0.25, 0.3) is 5.91 Å². The van der Waals surface area contributed by atoms with Crippen LogP contribution in [0.1, 0.15) is 28.4 Å². The van der Waals surface area contributed by atoms with Crippen molar-refractivity contribution in [3.63, 3.8) is 0 Å². The number of fused-ring (bicyclic) bond motifs is 1. The average molecular weight is 393 g/mol. The van der Waals surface area contributed by atoms with E-state index in [0.717, 1.165) is 22.6 Å². The lowest BCUT2D eigenvalue weighted by molar-refractivity contribution is 0.0934. The summed E-state index contributed by atoms with van der Waals surface area (Å²) in [5, 5.41) is 3.02. The second-order valence-corrected chi connectivity index (χ2v) is 8.77. The molecule has 2 aromatic rings. The maximum atomic E-state index is 12.7. The smallest absolute Gasteiger partial charge is 0.251 e. The van der Waals surface area contributed by atoms with Crippen molar-refractivity contribution in [2.75, 3.05) is 19.9 Å². The molecule has 26 heavy (non-hydrogen) atoms. The molecule has 1 unspecified atom stereocenters. The molecule has 0 spiro atoms. The summed E-state index contributed by atoms with van der Waals surface area (Å²) in [4.78, 5) is 13.8. The number of ether oxygens (including phenoxy) is 1. The number of hydrogen-bond donors (Lipinski definition) is 2. The molecular weight excluding hydrogens is 372 g/mol. The van der Waals surface area contributed by atoms with Crippen LogP contribution in [-0.2, 0) is 10.0 Å². The maximum absolute atomic E-state index is 12.7. The van der Waals surface area contributed by atoms with Gasteiger partial charge in [-0.05, 0) is 43.3 Å². The summed E-state index contributed by atoms with van der Waals surface area (Å²) in [6, 6.07) is 12.3. The molecule has 138 valence electrons. The quantitative estimate of drug-likeness (QED) is 0.817. The number of carbonyl (C=O) groups excluding carboxylic acids is 1. The van der Waals surface area contributed by atoms with Gasteiger partial charge in [0.05, 0.1) is 13.2 Å². The molecule has 8 heteroatoms. The van der Waals surface area contributed by atoms with Gasteiger partial charge in [-0.15, -0.1) is 11.8 Å². The first kappa shape index (κ1) is 18.8. The number of thioether (sulfide) groups is 1. The van der Waals surface area contributed by atoms with E-state index in [1.54, 1.807) is 17.8 Å². The van der Waals surface area contributed by atoms with Crippen molar-refractivity contribution < 1.29 is 17.9 Å². The molecule has 1 aliphatic rings. The minimum absolute atomic E-state index is 0.0604. The van der Waals surface area contributed by atoms with Gasteiger partial charge in [-0.2, -0.15) is 0 Å². The van der Waals surface area contributed by atoms with Crippen LogP contribution in [0.3, 0.4) is 0 Å². The van der Waals surface area contributed by atoms with E-state index in [0.29, 0.717) is 0 Å². The first-order valence-corrected chi connectivity index (χ1v) is 10.6. The van der Waals surface area contributed by atoms with Crippen molar-refractivity contribution in [1.82, 2.24) is 10.0 Å². The lowest BCUT2D eigenvalue weighted by Gasteiger charge is -2.26. The van der Waals surface area contributed by atoms with Crippen molar-refractivity contribution >= 4 is 27.7 Å². The van der Waals surface area contributed by atoms with Crippen LogP contribution in [0.15, 0.2) is 52.3 Å². The number of methoxy groups -OCH3 is 1. The third kappa shape index (κ3) is 3.72. The SMILES string of the molecule is CNS(=O)(=O)c1cc(C(=O)NC2CCSc3ccccc32)ccc1OC. The second-order valence-electron chi connectivity index (χ2n) is 5.77. The fourth-order valence-corrected chi connectivity index (χ4v) is 4.91. The molecule has 3 rings (SSSR count). The van der Waals surface area contributed by atoms with Crippen LogP contribution in [0.4, 0.5) is 0 Å². The van der Waals surface area contributed by atoms with E-state index < -0.39 is 10.0 Å². The van der Waals surface area contributed by atoms with Crippen LogP contribution in [-0.4, -0.2) is 34.2 Å². The van der Waals surface area contributed by atoms with E-state index in [-0.39, 0.29) is 28.2 Å². The van der Waals surface area contributed by atoms with Gasteiger partial charge < -0.3 is 10.1 Å². The molecule has 0 saturated carbocycles. The summed E-state index contributed by atoms with van der Waals surface area (Å²) in [6.07, 6.45) is 0.825. The van der Waals surface area contributed by atoms with Gasteiger partial charge in [-0.25, -0.2) is 13.1 Å². The van der Waals surface area contributed by atoms with Crippen LogP contribution in [0.2, 0.25) is 0 Å². The van der Waals surface area contributed by atoms with Crippen LogP contribution < -0.4 is 14.8 Å². The standard InChI is InChI=1S/C18H20N2O4S2/c1-19-26(22,23)17-11-12(7-8-15(17)24-2)18(21)20-14-9-10-25-16-6-4-3-5-13(14)16/h3-8,11,14,19H,9-10H2,1-2H3,(H,20,21). The normalized spacial score (nSPS) is 16.6. The van der Waals surface area contributed by atoms with Gasteiger partial charge >= 0.3 is 0 Å². The Morgan fingerprint density at radius 2 is 2.00 bits per heavy atom. The summed E-state index contributed by atoms with van der Waals surface area (Å²) in [5.41, 5.74) is 1.36. The summed E-state index contributed by atoms with van der Waals surface area (Å²) in [7, 11) is -1.03. The van der Waals surface area contributed by atoms with Gasteiger partial charge in [-0.1, -0.05) is 18.2 Å². The largest absolute Gasteiger partial charge is 0.495 e. The Labute approximate surface area is 157 Å². The van der Waals surface area contributed by atoms with Crippen molar-refractivity contribution in [3.8, 4) is 5.75 Å². The first-order valence-electron chi connectivity index (χ1n) is 8.10. The molecule has 0 aromatic heterocycles. The number of amides is 1. The highest BCUT2D eigenvalue weighted by molar-refractivity contribution is 7.99.